The molecule has 5 aromatic carbocycles. The third-order valence-corrected chi connectivity index (χ3v) is 7.08. The first-order valence-corrected chi connectivity index (χ1v) is 12.1. The Balaban J connectivity index is 1.69. The molecule has 6 aromatic rings. The maximum atomic E-state index is 5.46. The second kappa shape index (κ2) is 7.78. The van der Waals surface area contributed by atoms with Crippen LogP contribution in [0, 0.1) is 6.92 Å². The molecule has 7 rings (SSSR count). The zero-order valence-corrected chi connectivity index (χ0v) is 19.5. The molecule has 1 aliphatic rings. The topological polar surface area (TPSA) is 12.9 Å². The fraction of sp³-hybridized carbons (Fsp3) is 0.0294. The van der Waals surface area contributed by atoms with Crippen LogP contribution < -0.4 is 0 Å². The van der Waals surface area contributed by atoms with Crippen LogP contribution in [-0.4, -0.2) is 4.98 Å². The summed E-state index contributed by atoms with van der Waals surface area (Å²) < 4.78 is 0. The first-order chi connectivity index (χ1) is 17.3. The molecule has 0 radical (unpaired) electrons. The summed E-state index contributed by atoms with van der Waals surface area (Å²) in [5, 5.41) is 2.59. The average molecular weight is 446 g/mol. The fourth-order valence-corrected chi connectivity index (χ4v) is 5.49. The van der Waals surface area contributed by atoms with Gasteiger partial charge in [0, 0.05) is 27.8 Å². The number of hydrogen-bond acceptors (Lipinski definition) is 1. The van der Waals surface area contributed by atoms with Crippen LogP contribution in [0.25, 0.3) is 66.7 Å². The first kappa shape index (κ1) is 19.9. The predicted molar refractivity (Wildman–Crippen MR) is 147 cm³/mol. The summed E-state index contributed by atoms with van der Waals surface area (Å²) in [6.45, 7) is 2.13. The number of rotatable bonds is 3. The Labute approximate surface area is 205 Å². The summed E-state index contributed by atoms with van der Waals surface area (Å²) in [4.78, 5) is 5.46. The van der Waals surface area contributed by atoms with Crippen molar-refractivity contribution in [3.8, 4) is 55.9 Å². The Morgan fingerprint density at radius 2 is 0.971 bits per heavy atom. The molecule has 1 heteroatoms. The number of fused-ring (bicyclic) bond motifs is 3. The molecule has 0 fully saturated rings. The fourth-order valence-electron chi connectivity index (χ4n) is 5.49. The van der Waals surface area contributed by atoms with Crippen molar-refractivity contribution in [2.75, 3.05) is 0 Å². The normalized spacial score (nSPS) is 11.6. The van der Waals surface area contributed by atoms with Gasteiger partial charge in [0.1, 0.15) is 0 Å². The molecule has 1 aromatic heterocycles. The molecule has 0 unspecified atom stereocenters. The molecule has 0 N–H and O–H groups in total. The molecule has 0 saturated carbocycles. The zero-order chi connectivity index (χ0) is 23.4. The summed E-state index contributed by atoms with van der Waals surface area (Å²) in [5.74, 6) is 0. The van der Waals surface area contributed by atoms with E-state index < -0.39 is 0 Å². The Kier molecular flexibility index (Phi) is 4.43. The minimum absolute atomic E-state index is 1.03. The summed E-state index contributed by atoms with van der Waals surface area (Å²) in [5.41, 5.74) is 13.1. The van der Waals surface area contributed by atoms with Crippen molar-refractivity contribution in [2.45, 2.75) is 6.92 Å². The second-order valence-electron chi connectivity index (χ2n) is 9.24. The molecule has 1 aliphatic carbocycles. The van der Waals surface area contributed by atoms with Crippen LogP contribution in [0.4, 0.5) is 0 Å². The van der Waals surface area contributed by atoms with Crippen LogP contribution in [0.15, 0.2) is 121 Å². The lowest BCUT2D eigenvalue weighted by atomic mass is 9.87. The Morgan fingerprint density at radius 3 is 1.63 bits per heavy atom. The van der Waals surface area contributed by atoms with Gasteiger partial charge >= 0.3 is 0 Å². The van der Waals surface area contributed by atoms with Crippen LogP contribution in [0.5, 0.6) is 0 Å². The van der Waals surface area contributed by atoms with Gasteiger partial charge in [-0.05, 0) is 34.4 Å². The third kappa shape index (κ3) is 3.05. The lowest BCUT2D eigenvalue weighted by Crippen LogP contribution is -1.98. The van der Waals surface area contributed by atoms with E-state index in [2.05, 4.69) is 128 Å². The molecular formula is C34H23N. The zero-order valence-electron chi connectivity index (χ0n) is 19.5. The largest absolute Gasteiger partial charge is 0.246 e. The Hall–Kier alpha value is -4.49. The van der Waals surface area contributed by atoms with E-state index >= 15 is 0 Å². The third-order valence-electron chi connectivity index (χ3n) is 7.08. The highest BCUT2D eigenvalue weighted by atomic mass is 14.7. The van der Waals surface area contributed by atoms with Gasteiger partial charge in [0.15, 0.2) is 0 Å². The first-order valence-electron chi connectivity index (χ1n) is 12.1. The van der Waals surface area contributed by atoms with Gasteiger partial charge in [-0.25, -0.2) is 4.98 Å². The number of nitrogens with zero attached hydrogens (tertiary/aromatic N) is 1. The van der Waals surface area contributed by atoms with Crippen molar-refractivity contribution >= 4 is 10.8 Å². The van der Waals surface area contributed by atoms with E-state index in [1.54, 1.807) is 0 Å². The van der Waals surface area contributed by atoms with E-state index in [0.717, 1.165) is 22.5 Å². The van der Waals surface area contributed by atoms with Crippen LogP contribution in [-0.2, 0) is 0 Å². The molecule has 1 nitrogen and oxygen atoms in total. The van der Waals surface area contributed by atoms with Gasteiger partial charge < -0.3 is 0 Å². The van der Waals surface area contributed by atoms with Gasteiger partial charge in [0.2, 0.25) is 0 Å². The van der Waals surface area contributed by atoms with Crippen LogP contribution >= 0.6 is 0 Å². The number of pyridine rings is 1. The second-order valence-corrected chi connectivity index (χ2v) is 9.24. The maximum Gasteiger partial charge on any atom is 0.0794 e. The quantitative estimate of drug-likeness (QED) is 0.264. The van der Waals surface area contributed by atoms with Crippen molar-refractivity contribution in [2.24, 2.45) is 0 Å². The number of aryl methyl sites for hydroxylation is 1. The minimum Gasteiger partial charge on any atom is -0.246 e. The maximum absolute atomic E-state index is 5.46. The summed E-state index contributed by atoms with van der Waals surface area (Å²) in [7, 11) is 0. The summed E-state index contributed by atoms with van der Waals surface area (Å²) >= 11 is 0. The summed E-state index contributed by atoms with van der Waals surface area (Å²) in [6.07, 6.45) is 0. The molecule has 164 valence electrons. The van der Waals surface area contributed by atoms with E-state index in [0.29, 0.717) is 0 Å². The smallest absolute Gasteiger partial charge is 0.0794 e. The van der Waals surface area contributed by atoms with E-state index in [9.17, 15) is 0 Å². The molecule has 0 saturated heterocycles. The number of benzene rings is 5. The Morgan fingerprint density at radius 1 is 0.429 bits per heavy atom. The van der Waals surface area contributed by atoms with E-state index in [4.69, 9.17) is 4.98 Å². The average Bonchev–Trinajstić information content (AvgIpc) is 3.26. The molecule has 0 bridgehead atoms. The highest BCUT2D eigenvalue weighted by Gasteiger charge is 2.31. The number of hydrogen-bond donors (Lipinski definition) is 0. The minimum atomic E-state index is 1.03. The van der Waals surface area contributed by atoms with Crippen molar-refractivity contribution in [1.82, 2.24) is 4.98 Å². The van der Waals surface area contributed by atoms with E-state index in [-0.39, 0.29) is 0 Å². The van der Waals surface area contributed by atoms with E-state index in [1.165, 1.54) is 49.7 Å². The van der Waals surface area contributed by atoms with Crippen LogP contribution in [0.3, 0.4) is 0 Å². The molecule has 0 spiro atoms. The van der Waals surface area contributed by atoms with Crippen molar-refractivity contribution in [3.63, 3.8) is 0 Å². The lowest BCUT2D eigenvalue weighted by molar-refractivity contribution is 1.32. The molecular weight excluding hydrogens is 422 g/mol. The van der Waals surface area contributed by atoms with Crippen molar-refractivity contribution < 1.29 is 0 Å². The van der Waals surface area contributed by atoms with Gasteiger partial charge in [-0.2, -0.15) is 0 Å². The molecule has 1 heterocycles. The van der Waals surface area contributed by atoms with Gasteiger partial charge in [-0.15, -0.1) is 0 Å². The Bertz CT molecular complexity index is 1710. The highest BCUT2D eigenvalue weighted by molar-refractivity contribution is 6.21. The van der Waals surface area contributed by atoms with Gasteiger partial charge in [-0.3, -0.25) is 0 Å². The molecule has 35 heavy (non-hydrogen) atoms. The lowest BCUT2D eigenvalue weighted by Gasteiger charge is -2.19. The molecule has 0 aliphatic heterocycles. The number of aromatic nitrogens is 1. The van der Waals surface area contributed by atoms with Gasteiger partial charge in [0.25, 0.3) is 0 Å². The van der Waals surface area contributed by atoms with Crippen LogP contribution in [0.1, 0.15) is 5.56 Å². The predicted octanol–water partition coefficient (Wildman–Crippen LogP) is 9.19. The van der Waals surface area contributed by atoms with Gasteiger partial charge in [-0.1, -0.05) is 127 Å². The van der Waals surface area contributed by atoms with Crippen LogP contribution in [0.2, 0.25) is 0 Å². The van der Waals surface area contributed by atoms with Crippen molar-refractivity contribution in [1.29, 1.82) is 0 Å². The monoisotopic (exact) mass is 445 g/mol. The molecule has 0 amide bonds. The SMILES string of the molecule is Cc1ccc(-c2nc(-c3ccccc3)c3c(c2-c2ccccc2)-c2cccc4cccc-3c24)cc1. The summed E-state index contributed by atoms with van der Waals surface area (Å²) in [6, 6.07) is 43.4. The standard InChI is InChI=1S/C34H23N/c1-22-18-20-26(21-19-22)33-30(24-10-4-2-5-11-24)31-27-16-8-14-23-15-9-17-28(29(23)27)32(31)34(35-33)25-12-6-3-7-13-25/h2-21H,1H3. The van der Waals surface area contributed by atoms with E-state index in [1.807, 2.05) is 0 Å². The molecule has 0 atom stereocenters. The van der Waals surface area contributed by atoms with Gasteiger partial charge in [0.05, 0.1) is 11.4 Å². The van der Waals surface area contributed by atoms with Crippen molar-refractivity contribution in [3.05, 3.63) is 127 Å². The highest BCUT2D eigenvalue weighted by Crippen LogP contribution is 2.55.